The average molecular weight is 281 g/mol. The summed E-state index contributed by atoms with van der Waals surface area (Å²) >= 11 is 0. The molecule has 0 bridgehead atoms. The Labute approximate surface area is 114 Å². The number of rotatable bonds is 5. The molecule has 1 rings (SSSR count). The van der Waals surface area contributed by atoms with E-state index in [0.29, 0.717) is 5.20 Å². The van der Waals surface area contributed by atoms with Crippen molar-refractivity contribution in [1.29, 1.82) is 0 Å². The van der Waals surface area contributed by atoms with Crippen molar-refractivity contribution in [2.45, 2.75) is 19.4 Å². The van der Waals surface area contributed by atoms with Crippen molar-refractivity contribution in [3.63, 3.8) is 0 Å². The van der Waals surface area contributed by atoms with Crippen LogP contribution in [-0.4, -0.2) is 40.1 Å². The molecule has 0 saturated carbocycles. The number of hydrogen-bond acceptors (Lipinski definition) is 4. The van der Waals surface area contributed by atoms with Crippen molar-refractivity contribution in [3.05, 3.63) is 35.6 Å². The van der Waals surface area contributed by atoms with Crippen LogP contribution in [0.2, 0.25) is 0 Å². The monoisotopic (exact) mass is 281 g/mol. The van der Waals surface area contributed by atoms with Crippen LogP contribution in [0, 0.1) is 0 Å². The zero-order valence-corrected chi connectivity index (χ0v) is 12.6. The van der Waals surface area contributed by atoms with Gasteiger partial charge in [-0.2, -0.15) is 0 Å². The molecule has 0 aliphatic heterocycles. The summed E-state index contributed by atoms with van der Waals surface area (Å²) in [6.45, 7) is 3.32. The summed E-state index contributed by atoms with van der Waals surface area (Å²) in [5.74, 6) is 0.607. The van der Waals surface area contributed by atoms with Gasteiger partial charge in [-0.25, -0.2) is 0 Å². The van der Waals surface area contributed by atoms with Crippen LogP contribution in [0.4, 0.5) is 0 Å². The molecule has 0 radical (unpaired) electrons. The third-order valence-corrected chi connectivity index (χ3v) is 5.60. The molecule has 1 atom stereocenters. The maximum absolute atomic E-state index is 11.3. The Morgan fingerprint density at radius 2 is 2.00 bits per heavy atom. The van der Waals surface area contributed by atoms with Crippen molar-refractivity contribution in [3.8, 4) is 0 Å². The van der Waals surface area contributed by atoms with Gasteiger partial charge in [0.15, 0.2) is 5.91 Å². The molecule has 1 unspecified atom stereocenters. The van der Waals surface area contributed by atoms with Gasteiger partial charge in [0.05, 0.1) is 5.54 Å². The molecule has 19 heavy (non-hydrogen) atoms. The SMILES string of the molecule is CO[Si](C=O)(OC)C1=CC=CC(C)(NC(C)=O)C=C1. The van der Waals surface area contributed by atoms with Gasteiger partial charge >= 0.3 is 8.56 Å². The van der Waals surface area contributed by atoms with Crippen molar-refractivity contribution in [2.75, 3.05) is 14.2 Å². The standard InChI is InChI=1S/C13H19NO4Si/c1-11(16)14-13(2)8-5-6-12(7-9-13)19(10-15,17-3)18-4/h5-10H,1-4H3,(H,14,16). The Morgan fingerprint density at radius 1 is 1.37 bits per heavy atom. The number of carbonyl (C=O) groups is 2. The Bertz CT molecular complexity index is 452. The van der Waals surface area contributed by atoms with Gasteiger partial charge in [0.2, 0.25) is 5.91 Å². The van der Waals surface area contributed by atoms with Gasteiger partial charge in [-0.05, 0) is 6.92 Å². The van der Waals surface area contributed by atoms with Gasteiger partial charge in [-0.3, -0.25) is 4.79 Å². The minimum absolute atomic E-state index is 0.127. The van der Waals surface area contributed by atoms with E-state index < -0.39 is 14.1 Å². The van der Waals surface area contributed by atoms with E-state index in [1.54, 1.807) is 18.2 Å². The lowest BCUT2D eigenvalue weighted by Crippen LogP contribution is -2.45. The van der Waals surface area contributed by atoms with Crippen LogP contribution in [0.1, 0.15) is 13.8 Å². The Kier molecular flexibility index (Phi) is 4.99. The Hall–Kier alpha value is -1.50. The lowest BCUT2D eigenvalue weighted by molar-refractivity contribution is -0.119. The third-order valence-electron chi connectivity index (χ3n) is 2.94. The highest BCUT2D eigenvalue weighted by molar-refractivity contribution is 6.97. The molecule has 6 heteroatoms. The zero-order valence-electron chi connectivity index (χ0n) is 11.6. The van der Waals surface area contributed by atoms with Crippen LogP contribution in [0.3, 0.4) is 0 Å². The van der Waals surface area contributed by atoms with Gasteiger partial charge in [0.25, 0.3) is 0 Å². The van der Waals surface area contributed by atoms with E-state index in [0.717, 1.165) is 5.91 Å². The largest absolute Gasteiger partial charge is 0.440 e. The first kappa shape index (κ1) is 15.6. The fourth-order valence-corrected chi connectivity index (χ4v) is 3.51. The number of carbonyl (C=O) groups excluding carboxylic acids is 2. The Morgan fingerprint density at radius 3 is 2.47 bits per heavy atom. The van der Waals surface area contributed by atoms with Crippen LogP contribution in [-0.2, 0) is 18.4 Å². The van der Waals surface area contributed by atoms with Crippen LogP contribution in [0.15, 0.2) is 35.6 Å². The molecule has 1 amide bonds. The fourth-order valence-electron chi connectivity index (χ4n) is 1.90. The highest BCUT2D eigenvalue weighted by atomic mass is 28.4. The lowest BCUT2D eigenvalue weighted by atomic mass is 10.0. The minimum atomic E-state index is -3.02. The normalized spacial score (nSPS) is 22.6. The predicted octanol–water partition coefficient (Wildman–Crippen LogP) is 0.980. The molecular weight excluding hydrogens is 262 g/mol. The van der Waals surface area contributed by atoms with Gasteiger partial charge < -0.3 is 19.0 Å². The predicted molar refractivity (Wildman–Crippen MR) is 75.1 cm³/mol. The van der Waals surface area contributed by atoms with Crippen molar-refractivity contribution < 1.29 is 18.4 Å². The lowest BCUT2D eigenvalue weighted by Gasteiger charge is -2.24. The first-order chi connectivity index (χ1) is 8.91. The van der Waals surface area contributed by atoms with Gasteiger partial charge in [-0.1, -0.05) is 30.4 Å². The van der Waals surface area contributed by atoms with E-state index in [9.17, 15) is 9.59 Å². The van der Waals surface area contributed by atoms with Crippen LogP contribution in [0.25, 0.3) is 0 Å². The fraction of sp³-hybridized carbons (Fsp3) is 0.385. The van der Waals surface area contributed by atoms with E-state index in [1.165, 1.54) is 21.1 Å². The molecule has 0 aromatic rings. The summed E-state index contributed by atoms with van der Waals surface area (Å²) in [5, 5.41) is 3.52. The summed E-state index contributed by atoms with van der Waals surface area (Å²) in [7, 11) is -0.104. The highest BCUT2D eigenvalue weighted by Crippen LogP contribution is 2.21. The van der Waals surface area contributed by atoms with E-state index in [1.807, 2.05) is 19.1 Å². The van der Waals surface area contributed by atoms with E-state index >= 15 is 0 Å². The second kappa shape index (κ2) is 6.09. The molecule has 5 nitrogen and oxygen atoms in total. The molecule has 0 heterocycles. The summed E-state index contributed by atoms with van der Waals surface area (Å²) in [6, 6.07) is 0. The number of nitrogens with one attached hydrogen (secondary N) is 1. The van der Waals surface area contributed by atoms with Crippen LogP contribution in [0.5, 0.6) is 0 Å². The van der Waals surface area contributed by atoms with Gasteiger partial charge in [0.1, 0.15) is 0 Å². The molecule has 1 aliphatic rings. The molecule has 0 aromatic heterocycles. The number of amides is 1. The van der Waals surface area contributed by atoms with E-state index in [4.69, 9.17) is 8.85 Å². The van der Waals surface area contributed by atoms with Crippen molar-refractivity contribution >= 4 is 20.4 Å². The zero-order chi connectivity index (χ0) is 14.5. The quantitative estimate of drug-likeness (QED) is 0.602. The summed E-state index contributed by atoms with van der Waals surface area (Å²) in [4.78, 5) is 22.5. The second-order valence-electron chi connectivity index (χ2n) is 4.47. The summed E-state index contributed by atoms with van der Waals surface area (Å²) in [5.41, 5.74) is -0.589. The van der Waals surface area contributed by atoms with Crippen LogP contribution >= 0.6 is 0 Å². The van der Waals surface area contributed by atoms with Crippen molar-refractivity contribution in [1.82, 2.24) is 5.32 Å². The second-order valence-corrected chi connectivity index (χ2v) is 7.44. The molecule has 1 aliphatic carbocycles. The highest BCUT2D eigenvalue weighted by Gasteiger charge is 2.40. The molecule has 0 spiro atoms. The maximum Gasteiger partial charge on any atom is 0.440 e. The van der Waals surface area contributed by atoms with E-state index in [-0.39, 0.29) is 5.91 Å². The van der Waals surface area contributed by atoms with E-state index in [2.05, 4.69) is 5.32 Å². The smallest absolute Gasteiger partial charge is 0.390 e. The molecular formula is C13H19NO4Si. The number of allylic oxidation sites excluding steroid dienone is 4. The first-order valence-electron chi connectivity index (χ1n) is 5.86. The molecule has 104 valence electrons. The minimum Gasteiger partial charge on any atom is -0.390 e. The molecule has 0 fully saturated rings. The molecule has 1 N–H and O–H groups in total. The summed E-state index contributed by atoms with van der Waals surface area (Å²) < 4.78 is 10.6. The molecule has 0 saturated heterocycles. The number of hydrogen-bond donors (Lipinski definition) is 1. The van der Waals surface area contributed by atoms with Crippen molar-refractivity contribution in [2.24, 2.45) is 0 Å². The Balaban J connectivity index is 3.08. The van der Waals surface area contributed by atoms with Crippen LogP contribution < -0.4 is 5.32 Å². The van der Waals surface area contributed by atoms with Gasteiger partial charge in [0, 0.05) is 26.3 Å². The summed E-state index contributed by atoms with van der Waals surface area (Å²) in [6.07, 6.45) is 8.98. The maximum atomic E-state index is 11.3. The average Bonchev–Trinajstić information content (AvgIpc) is 2.54. The molecule has 0 aromatic carbocycles. The first-order valence-corrected chi connectivity index (χ1v) is 7.75. The third kappa shape index (κ3) is 3.49. The topological polar surface area (TPSA) is 64.6 Å². The van der Waals surface area contributed by atoms with Gasteiger partial charge in [-0.15, -0.1) is 0 Å².